The van der Waals surface area contributed by atoms with Crippen LogP contribution >= 0.6 is 11.3 Å². The number of anilines is 1. The van der Waals surface area contributed by atoms with Crippen LogP contribution in [0.4, 0.5) is 5.13 Å². The van der Waals surface area contributed by atoms with Crippen molar-refractivity contribution in [3.63, 3.8) is 0 Å². The maximum Gasteiger partial charge on any atom is 0.228 e. The van der Waals surface area contributed by atoms with E-state index >= 15 is 0 Å². The Balaban J connectivity index is 1.39. The van der Waals surface area contributed by atoms with Crippen LogP contribution in [-0.4, -0.2) is 23.3 Å². The third kappa shape index (κ3) is 2.94. The third-order valence-electron chi connectivity index (χ3n) is 4.65. The summed E-state index contributed by atoms with van der Waals surface area (Å²) in [5.41, 5.74) is 3.29. The van der Waals surface area contributed by atoms with Gasteiger partial charge in [0.1, 0.15) is 0 Å². The van der Waals surface area contributed by atoms with Gasteiger partial charge >= 0.3 is 0 Å². The van der Waals surface area contributed by atoms with Crippen molar-refractivity contribution in [2.24, 2.45) is 0 Å². The Kier molecular flexibility index (Phi) is 4.06. The quantitative estimate of drug-likeness (QED) is 0.930. The van der Waals surface area contributed by atoms with Crippen molar-refractivity contribution in [2.75, 3.05) is 11.4 Å². The zero-order valence-corrected chi connectivity index (χ0v) is 14.1. The number of aromatic nitrogens is 1. The first-order valence-electron chi connectivity index (χ1n) is 8.32. The van der Waals surface area contributed by atoms with Crippen LogP contribution in [0.2, 0.25) is 0 Å². The van der Waals surface area contributed by atoms with Crippen molar-refractivity contribution in [1.29, 1.82) is 0 Å². The van der Waals surface area contributed by atoms with E-state index in [1.807, 2.05) is 17.5 Å². The van der Waals surface area contributed by atoms with E-state index in [1.54, 1.807) is 4.90 Å². The van der Waals surface area contributed by atoms with E-state index in [4.69, 9.17) is 0 Å². The molecule has 1 aromatic carbocycles. The van der Waals surface area contributed by atoms with Crippen molar-refractivity contribution >= 4 is 28.3 Å². The lowest BCUT2D eigenvalue weighted by molar-refractivity contribution is -0.121. The second-order valence-corrected chi connectivity index (χ2v) is 7.14. The topological polar surface area (TPSA) is 62.3 Å². The number of thiazole rings is 1. The van der Waals surface area contributed by atoms with Gasteiger partial charge in [-0.15, -0.1) is 11.3 Å². The summed E-state index contributed by atoms with van der Waals surface area (Å²) in [4.78, 5) is 30.3. The van der Waals surface area contributed by atoms with Crippen LogP contribution < -0.4 is 10.2 Å². The van der Waals surface area contributed by atoms with E-state index in [-0.39, 0.29) is 24.3 Å². The normalized spacial score (nSPS) is 19.6. The summed E-state index contributed by atoms with van der Waals surface area (Å²) in [6.45, 7) is 0.733. The summed E-state index contributed by atoms with van der Waals surface area (Å²) in [6, 6.07) is 8.38. The van der Waals surface area contributed by atoms with Gasteiger partial charge < -0.3 is 5.32 Å². The zero-order valence-electron chi connectivity index (χ0n) is 13.3. The maximum absolute atomic E-state index is 12.3. The smallest absolute Gasteiger partial charge is 0.228 e. The molecule has 1 atom stereocenters. The number of amides is 2. The first-order chi connectivity index (χ1) is 11.7. The molecule has 2 aliphatic rings. The highest BCUT2D eigenvalue weighted by Gasteiger charge is 2.26. The van der Waals surface area contributed by atoms with Gasteiger partial charge in [0.05, 0.1) is 18.2 Å². The number of carbonyl (C=O) groups excluding carboxylic acids is 2. The molecule has 2 heterocycles. The monoisotopic (exact) mass is 341 g/mol. The van der Waals surface area contributed by atoms with Gasteiger partial charge in [-0.2, -0.15) is 0 Å². The Hall–Kier alpha value is -2.21. The highest BCUT2D eigenvalue weighted by Crippen LogP contribution is 2.31. The molecular formula is C18H19N3O2S. The minimum atomic E-state index is -0.0127. The second-order valence-electron chi connectivity index (χ2n) is 6.30. The lowest BCUT2D eigenvalue weighted by atomic mass is 10.1. The molecule has 0 radical (unpaired) electrons. The van der Waals surface area contributed by atoms with Crippen molar-refractivity contribution < 1.29 is 9.59 Å². The average molecular weight is 341 g/mol. The van der Waals surface area contributed by atoms with Crippen LogP contribution in [-0.2, 0) is 22.4 Å². The minimum absolute atomic E-state index is 0.0127. The second kappa shape index (κ2) is 6.36. The third-order valence-corrected chi connectivity index (χ3v) is 5.57. The van der Waals surface area contributed by atoms with Crippen molar-refractivity contribution in [1.82, 2.24) is 10.3 Å². The van der Waals surface area contributed by atoms with Crippen LogP contribution in [0.5, 0.6) is 0 Å². The van der Waals surface area contributed by atoms with Crippen LogP contribution in [0.1, 0.15) is 42.1 Å². The standard InChI is InChI=1S/C18H19N3O2S/c22-16(20-15-8-7-12-4-1-2-5-14(12)15)10-13-11-24-18(19-13)21-9-3-6-17(21)23/h1-2,4-5,11,15H,3,6-10H2,(H,20,22)/t15-/m0/s1. The molecule has 1 N–H and O–H groups in total. The summed E-state index contributed by atoms with van der Waals surface area (Å²) in [7, 11) is 0. The van der Waals surface area contributed by atoms with E-state index in [1.165, 1.54) is 22.5 Å². The molecule has 24 heavy (non-hydrogen) atoms. The summed E-state index contributed by atoms with van der Waals surface area (Å²) >= 11 is 1.44. The summed E-state index contributed by atoms with van der Waals surface area (Å²) in [5.74, 6) is 0.115. The Morgan fingerprint density at radius 3 is 3.04 bits per heavy atom. The van der Waals surface area contributed by atoms with E-state index < -0.39 is 0 Å². The molecule has 0 spiro atoms. The largest absolute Gasteiger partial charge is 0.349 e. The van der Waals surface area contributed by atoms with Gasteiger partial charge in [0, 0.05) is 18.3 Å². The number of benzene rings is 1. The fraction of sp³-hybridized carbons (Fsp3) is 0.389. The van der Waals surface area contributed by atoms with Crippen molar-refractivity contribution in [2.45, 2.75) is 38.1 Å². The van der Waals surface area contributed by atoms with Gasteiger partial charge in [-0.1, -0.05) is 24.3 Å². The van der Waals surface area contributed by atoms with Crippen LogP contribution in [0.15, 0.2) is 29.6 Å². The fourth-order valence-corrected chi connectivity index (χ4v) is 4.34. The lowest BCUT2D eigenvalue weighted by Crippen LogP contribution is -2.28. The number of aryl methyl sites for hydroxylation is 1. The van der Waals surface area contributed by atoms with Gasteiger partial charge in [0.2, 0.25) is 11.8 Å². The van der Waals surface area contributed by atoms with E-state index in [9.17, 15) is 9.59 Å². The number of fused-ring (bicyclic) bond motifs is 1. The molecule has 2 aromatic rings. The van der Waals surface area contributed by atoms with Gasteiger partial charge in [-0.05, 0) is 30.4 Å². The minimum Gasteiger partial charge on any atom is -0.349 e. The molecule has 124 valence electrons. The molecule has 5 nitrogen and oxygen atoms in total. The van der Waals surface area contributed by atoms with Gasteiger partial charge in [0.15, 0.2) is 5.13 Å². The first kappa shape index (κ1) is 15.3. The average Bonchev–Trinajstić information content (AvgIpc) is 3.28. The van der Waals surface area contributed by atoms with E-state index in [0.29, 0.717) is 11.6 Å². The zero-order chi connectivity index (χ0) is 16.5. The molecule has 4 rings (SSSR count). The van der Waals surface area contributed by atoms with Crippen LogP contribution in [0.3, 0.4) is 0 Å². The van der Waals surface area contributed by atoms with Crippen molar-refractivity contribution in [3.05, 3.63) is 46.5 Å². The number of carbonyl (C=O) groups is 2. The van der Waals surface area contributed by atoms with Gasteiger partial charge in [0.25, 0.3) is 0 Å². The molecule has 1 aliphatic heterocycles. The predicted octanol–water partition coefficient (Wildman–Crippen LogP) is 2.62. The van der Waals surface area contributed by atoms with Crippen LogP contribution in [0.25, 0.3) is 0 Å². The highest BCUT2D eigenvalue weighted by molar-refractivity contribution is 7.14. The number of rotatable bonds is 4. The Morgan fingerprint density at radius 1 is 1.33 bits per heavy atom. The molecule has 1 aromatic heterocycles. The summed E-state index contributed by atoms with van der Waals surface area (Å²) in [5, 5.41) is 5.71. The Bertz CT molecular complexity index is 786. The summed E-state index contributed by atoms with van der Waals surface area (Å²) in [6.07, 6.45) is 3.71. The molecule has 1 fully saturated rings. The molecule has 6 heteroatoms. The van der Waals surface area contributed by atoms with Gasteiger partial charge in [-0.25, -0.2) is 4.98 Å². The molecule has 1 aliphatic carbocycles. The fourth-order valence-electron chi connectivity index (χ4n) is 3.47. The maximum atomic E-state index is 12.3. The molecular weight excluding hydrogens is 322 g/mol. The van der Waals surface area contributed by atoms with E-state index in [0.717, 1.165) is 31.5 Å². The number of nitrogens with one attached hydrogen (secondary N) is 1. The molecule has 0 bridgehead atoms. The Labute approximate surface area is 144 Å². The molecule has 0 saturated carbocycles. The number of hydrogen-bond donors (Lipinski definition) is 1. The highest BCUT2D eigenvalue weighted by atomic mass is 32.1. The first-order valence-corrected chi connectivity index (χ1v) is 9.20. The molecule has 1 saturated heterocycles. The Morgan fingerprint density at radius 2 is 2.21 bits per heavy atom. The molecule has 0 unspecified atom stereocenters. The van der Waals surface area contributed by atoms with E-state index in [2.05, 4.69) is 22.4 Å². The number of hydrogen-bond acceptors (Lipinski definition) is 4. The number of nitrogens with zero attached hydrogens (tertiary/aromatic N) is 2. The van der Waals surface area contributed by atoms with Crippen LogP contribution in [0, 0.1) is 0 Å². The molecule has 2 amide bonds. The van der Waals surface area contributed by atoms with Crippen molar-refractivity contribution in [3.8, 4) is 0 Å². The SMILES string of the molecule is O=C(Cc1csc(N2CCCC2=O)n1)N[C@H]1CCc2ccccc21. The lowest BCUT2D eigenvalue weighted by Gasteiger charge is -2.13. The predicted molar refractivity (Wildman–Crippen MR) is 93.1 cm³/mol. The van der Waals surface area contributed by atoms with Gasteiger partial charge in [-0.3, -0.25) is 14.5 Å². The summed E-state index contributed by atoms with van der Waals surface area (Å²) < 4.78 is 0.